The summed E-state index contributed by atoms with van der Waals surface area (Å²) in [5.74, 6) is 0. The van der Waals surface area contributed by atoms with Gasteiger partial charge in [0.2, 0.25) is 10.0 Å². The van der Waals surface area contributed by atoms with Crippen LogP contribution in [-0.2, 0) is 10.0 Å². The van der Waals surface area contributed by atoms with Gasteiger partial charge in [-0.1, -0.05) is 23.2 Å². The fourth-order valence-corrected chi connectivity index (χ4v) is 3.33. The maximum absolute atomic E-state index is 12.0. The number of carbonyl (C=O) groups excluding carboxylic acids is 1. The topological polar surface area (TPSA) is 101 Å². The number of hydrogen-bond acceptors (Lipinski definition) is 3. The Hall–Kier alpha value is -1.07. The van der Waals surface area contributed by atoms with E-state index in [0.29, 0.717) is 25.0 Å². The van der Waals surface area contributed by atoms with Crippen molar-refractivity contribution in [3.8, 4) is 0 Å². The molecule has 2 rings (SSSR count). The van der Waals surface area contributed by atoms with Gasteiger partial charge in [-0.15, -0.1) is 0 Å². The molecule has 122 valence electrons. The van der Waals surface area contributed by atoms with Crippen molar-refractivity contribution in [2.45, 2.75) is 4.90 Å². The lowest BCUT2D eigenvalue weighted by molar-refractivity contribution is 0.262. The fraction of sp³-hybridized carbons (Fsp3) is 0. The van der Waals surface area contributed by atoms with Crippen LogP contribution in [0, 0.1) is 3.57 Å². The Morgan fingerprint density at radius 2 is 1.74 bits per heavy atom. The van der Waals surface area contributed by atoms with Crippen LogP contribution in [0.2, 0.25) is 10.0 Å². The van der Waals surface area contributed by atoms with Crippen LogP contribution in [-0.4, -0.2) is 14.4 Å². The minimum atomic E-state index is -3.79. The number of amides is 2. The molecule has 2 aromatic rings. The Morgan fingerprint density at radius 3 is 2.30 bits per heavy atom. The lowest BCUT2D eigenvalue weighted by Crippen LogP contribution is -2.20. The smallest absolute Gasteiger partial charge is 0.308 e. The Bertz CT molecular complexity index is 875. The molecule has 0 aliphatic carbocycles. The maximum atomic E-state index is 12.0. The summed E-state index contributed by atoms with van der Waals surface area (Å²) in [5.41, 5.74) is 0.906. The highest BCUT2D eigenvalue weighted by Crippen LogP contribution is 2.25. The zero-order valence-corrected chi connectivity index (χ0v) is 15.8. The van der Waals surface area contributed by atoms with Crippen molar-refractivity contribution in [3.63, 3.8) is 0 Å². The molecular weight excluding hydrogens is 476 g/mol. The molecule has 0 saturated heterocycles. The van der Waals surface area contributed by atoms with Crippen LogP contribution in [0.3, 0.4) is 0 Å². The summed E-state index contributed by atoms with van der Waals surface area (Å²) in [7, 11) is -3.79. The monoisotopic (exact) mass is 485 g/mol. The van der Waals surface area contributed by atoms with Crippen LogP contribution in [0.4, 0.5) is 16.2 Å². The van der Waals surface area contributed by atoms with Crippen molar-refractivity contribution in [2.75, 3.05) is 10.6 Å². The first-order valence-corrected chi connectivity index (χ1v) is 9.40. The van der Waals surface area contributed by atoms with E-state index in [0.717, 1.165) is 0 Å². The van der Waals surface area contributed by atoms with Gasteiger partial charge in [-0.3, -0.25) is 0 Å². The molecule has 0 aliphatic heterocycles. The van der Waals surface area contributed by atoms with Crippen LogP contribution in [0.1, 0.15) is 0 Å². The number of rotatable bonds is 3. The molecule has 6 nitrogen and oxygen atoms in total. The van der Waals surface area contributed by atoms with E-state index in [-0.39, 0.29) is 4.90 Å². The third kappa shape index (κ3) is 4.95. The van der Waals surface area contributed by atoms with Gasteiger partial charge in [0, 0.05) is 9.26 Å². The van der Waals surface area contributed by atoms with Crippen molar-refractivity contribution in [3.05, 3.63) is 50.0 Å². The molecule has 0 unspecified atom stereocenters. The average Bonchev–Trinajstić information content (AvgIpc) is 2.44. The van der Waals surface area contributed by atoms with Gasteiger partial charge >= 0.3 is 6.03 Å². The normalized spacial score (nSPS) is 11.1. The molecule has 0 aromatic heterocycles. The van der Waals surface area contributed by atoms with Gasteiger partial charge in [0.15, 0.2) is 0 Å². The van der Waals surface area contributed by atoms with E-state index in [1.54, 1.807) is 12.1 Å². The van der Waals surface area contributed by atoms with Gasteiger partial charge in [0.05, 0.1) is 20.6 Å². The zero-order valence-electron chi connectivity index (χ0n) is 11.3. The fourth-order valence-electron chi connectivity index (χ4n) is 1.63. The van der Waals surface area contributed by atoms with Gasteiger partial charge in [0.1, 0.15) is 0 Å². The predicted molar refractivity (Wildman–Crippen MR) is 99.6 cm³/mol. The van der Waals surface area contributed by atoms with Gasteiger partial charge in [-0.05, 0) is 59.0 Å². The molecule has 0 radical (unpaired) electrons. The van der Waals surface area contributed by atoms with Gasteiger partial charge in [-0.2, -0.15) is 0 Å². The molecule has 0 saturated carbocycles. The zero-order chi connectivity index (χ0) is 17.2. The number of sulfonamides is 1. The second kappa shape index (κ2) is 7.22. The van der Waals surface area contributed by atoms with Crippen LogP contribution in [0.25, 0.3) is 0 Å². The van der Waals surface area contributed by atoms with E-state index < -0.39 is 16.1 Å². The lowest BCUT2D eigenvalue weighted by Gasteiger charge is -2.10. The predicted octanol–water partition coefficient (Wildman–Crippen LogP) is 3.89. The number of benzene rings is 2. The molecule has 2 aromatic carbocycles. The summed E-state index contributed by atoms with van der Waals surface area (Å²) in [6.45, 7) is 0. The van der Waals surface area contributed by atoms with Gasteiger partial charge in [0.25, 0.3) is 0 Å². The summed E-state index contributed by atoms with van der Waals surface area (Å²) in [6.07, 6.45) is 0. The molecule has 0 heterocycles. The number of urea groups is 1. The standard InChI is InChI=1S/C13H10Cl2IN3O3S/c14-9-3-1-7(5-10(9)15)18-13(20)19-12-4-2-8(6-11(12)16)23(17,21)22/h1-6H,(H2,17,21,22)(H2,18,19,20). The van der Waals surface area contributed by atoms with E-state index >= 15 is 0 Å². The minimum absolute atomic E-state index is 0.0302. The molecule has 0 bridgehead atoms. The van der Waals surface area contributed by atoms with Crippen molar-refractivity contribution in [2.24, 2.45) is 5.14 Å². The highest BCUT2D eigenvalue weighted by Gasteiger charge is 2.12. The Balaban J connectivity index is 2.12. The summed E-state index contributed by atoms with van der Waals surface area (Å²) < 4.78 is 23.1. The van der Waals surface area contributed by atoms with E-state index in [2.05, 4.69) is 10.6 Å². The van der Waals surface area contributed by atoms with Crippen LogP contribution in [0.5, 0.6) is 0 Å². The molecule has 0 aliphatic rings. The molecule has 23 heavy (non-hydrogen) atoms. The lowest BCUT2D eigenvalue weighted by atomic mass is 10.3. The third-order valence-corrected chi connectivity index (χ3v) is 5.24. The first-order chi connectivity index (χ1) is 10.7. The second-order valence-electron chi connectivity index (χ2n) is 4.39. The Labute approximate surface area is 156 Å². The van der Waals surface area contributed by atoms with E-state index in [4.69, 9.17) is 28.3 Å². The third-order valence-electron chi connectivity index (χ3n) is 2.69. The number of nitrogens with two attached hydrogens (primary N) is 1. The number of halogens is 3. The average molecular weight is 486 g/mol. The SMILES string of the molecule is NS(=O)(=O)c1ccc(NC(=O)Nc2ccc(Cl)c(Cl)c2)c(I)c1. The maximum Gasteiger partial charge on any atom is 0.323 e. The van der Waals surface area contributed by atoms with Crippen molar-refractivity contribution < 1.29 is 13.2 Å². The van der Waals surface area contributed by atoms with E-state index in [1.807, 2.05) is 22.6 Å². The van der Waals surface area contributed by atoms with Crippen molar-refractivity contribution in [1.29, 1.82) is 0 Å². The van der Waals surface area contributed by atoms with Gasteiger partial charge < -0.3 is 10.6 Å². The quantitative estimate of drug-likeness (QED) is 0.574. The molecule has 4 N–H and O–H groups in total. The summed E-state index contributed by atoms with van der Waals surface area (Å²) >= 11 is 13.6. The van der Waals surface area contributed by atoms with Crippen molar-refractivity contribution in [1.82, 2.24) is 0 Å². The second-order valence-corrected chi connectivity index (χ2v) is 7.93. The number of carbonyl (C=O) groups is 1. The molecule has 0 atom stereocenters. The van der Waals surface area contributed by atoms with Crippen LogP contribution >= 0.6 is 45.8 Å². The molecule has 0 spiro atoms. The number of primary sulfonamides is 1. The highest BCUT2D eigenvalue weighted by atomic mass is 127. The highest BCUT2D eigenvalue weighted by molar-refractivity contribution is 14.1. The molecule has 0 fully saturated rings. The first kappa shape index (κ1) is 18.3. The largest absolute Gasteiger partial charge is 0.323 e. The summed E-state index contributed by atoms with van der Waals surface area (Å²) in [4.78, 5) is 11.9. The molecule has 10 heteroatoms. The summed E-state index contributed by atoms with van der Waals surface area (Å²) in [5, 5.41) is 10.9. The molecule has 2 amide bonds. The minimum Gasteiger partial charge on any atom is -0.308 e. The Morgan fingerprint density at radius 1 is 1.04 bits per heavy atom. The van der Waals surface area contributed by atoms with Crippen LogP contribution < -0.4 is 15.8 Å². The molecular formula is C13H10Cl2IN3O3S. The van der Waals surface area contributed by atoms with Crippen molar-refractivity contribution >= 4 is 73.2 Å². The van der Waals surface area contributed by atoms with E-state index in [9.17, 15) is 13.2 Å². The van der Waals surface area contributed by atoms with Gasteiger partial charge in [-0.25, -0.2) is 18.4 Å². The number of hydrogen-bond donors (Lipinski definition) is 3. The number of nitrogens with one attached hydrogen (secondary N) is 2. The summed E-state index contributed by atoms with van der Waals surface area (Å²) in [6, 6.07) is 8.29. The first-order valence-electron chi connectivity index (χ1n) is 6.02. The Kier molecular flexibility index (Phi) is 5.74. The van der Waals surface area contributed by atoms with E-state index in [1.165, 1.54) is 24.3 Å². The number of anilines is 2. The van der Waals surface area contributed by atoms with Crippen LogP contribution in [0.15, 0.2) is 41.3 Å².